The van der Waals surface area contributed by atoms with Gasteiger partial charge in [0.05, 0.1) is 6.26 Å². The van der Waals surface area contributed by atoms with Crippen molar-refractivity contribution in [1.29, 1.82) is 0 Å². The number of carbonyl (C=O) groups is 1. The van der Waals surface area contributed by atoms with Gasteiger partial charge in [-0.25, -0.2) is 0 Å². The summed E-state index contributed by atoms with van der Waals surface area (Å²) < 4.78 is 4.93. The summed E-state index contributed by atoms with van der Waals surface area (Å²) in [6.07, 6.45) is 5.18. The summed E-state index contributed by atoms with van der Waals surface area (Å²) >= 11 is 0. The molecule has 4 heteroatoms. The van der Waals surface area contributed by atoms with Crippen LogP contribution >= 0.6 is 0 Å². The molecule has 1 aliphatic heterocycles. The summed E-state index contributed by atoms with van der Waals surface area (Å²) in [7, 11) is 0. The fourth-order valence-electron chi connectivity index (χ4n) is 0.811. The maximum Gasteiger partial charge on any atom is 0.239 e. The third kappa shape index (κ3) is 2.30. The van der Waals surface area contributed by atoms with Crippen molar-refractivity contribution < 1.29 is 9.53 Å². The molecule has 0 aromatic rings. The van der Waals surface area contributed by atoms with E-state index in [-0.39, 0.29) is 11.9 Å². The average Bonchev–Trinajstić information content (AvgIpc) is 2.06. The van der Waals surface area contributed by atoms with Crippen LogP contribution in [-0.2, 0) is 9.53 Å². The Bertz CT molecular complexity index is 233. The van der Waals surface area contributed by atoms with Crippen LogP contribution in [0, 0.1) is 0 Å². The van der Waals surface area contributed by atoms with Crippen LogP contribution < -0.4 is 11.1 Å². The van der Waals surface area contributed by atoms with Crippen LogP contribution in [0.15, 0.2) is 24.1 Å². The molecule has 0 bridgehead atoms. The van der Waals surface area contributed by atoms with Crippen LogP contribution in [0.2, 0.25) is 0 Å². The lowest BCUT2D eigenvalue weighted by Crippen LogP contribution is -2.38. The first-order chi connectivity index (χ1) is 5.70. The lowest BCUT2D eigenvalue weighted by atomic mass is 10.2. The van der Waals surface area contributed by atoms with E-state index in [0.29, 0.717) is 6.61 Å². The molecule has 66 valence electrons. The van der Waals surface area contributed by atoms with Gasteiger partial charge in [0.25, 0.3) is 0 Å². The summed E-state index contributed by atoms with van der Waals surface area (Å²) in [6, 6.07) is -0.348. The van der Waals surface area contributed by atoms with E-state index in [0.717, 1.165) is 5.70 Å². The molecule has 4 nitrogen and oxygen atoms in total. The highest BCUT2D eigenvalue weighted by molar-refractivity contribution is 5.79. The molecule has 1 amide bonds. The van der Waals surface area contributed by atoms with Crippen molar-refractivity contribution in [2.45, 2.75) is 13.0 Å². The SMILES string of the molecule is C[C@@H](NC1=CCOC=C1)C(N)=O. The topological polar surface area (TPSA) is 64.3 Å². The van der Waals surface area contributed by atoms with Crippen LogP contribution in [0.25, 0.3) is 0 Å². The Balaban J connectivity index is 2.45. The number of allylic oxidation sites excluding steroid dienone is 1. The first-order valence-corrected chi connectivity index (χ1v) is 3.74. The predicted molar refractivity (Wildman–Crippen MR) is 45.0 cm³/mol. The zero-order valence-electron chi connectivity index (χ0n) is 6.91. The molecule has 0 aromatic carbocycles. The van der Waals surface area contributed by atoms with Crippen LogP contribution in [0.4, 0.5) is 0 Å². The fraction of sp³-hybridized carbons (Fsp3) is 0.375. The van der Waals surface area contributed by atoms with Crippen molar-refractivity contribution in [1.82, 2.24) is 5.32 Å². The van der Waals surface area contributed by atoms with Gasteiger partial charge in [-0.15, -0.1) is 0 Å². The van der Waals surface area contributed by atoms with Gasteiger partial charge < -0.3 is 15.8 Å². The second-order valence-electron chi connectivity index (χ2n) is 2.56. The summed E-state index contributed by atoms with van der Waals surface area (Å²) in [5, 5.41) is 2.94. The standard InChI is InChI=1S/C8H12N2O2/c1-6(8(9)11)10-7-2-4-12-5-3-7/h2-4,6,10H,5H2,1H3,(H2,9,11)/t6-/m1/s1. The molecule has 0 fully saturated rings. The van der Waals surface area contributed by atoms with E-state index >= 15 is 0 Å². The Hall–Kier alpha value is -1.45. The van der Waals surface area contributed by atoms with E-state index in [4.69, 9.17) is 10.5 Å². The predicted octanol–water partition coefficient (Wildman–Crippen LogP) is -0.122. The van der Waals surface area contributed by atoms with Crippen molar-refractivity contribution >= 4 is 5.91 Å². The summed E-state index contributed by atoms with van der Waals surface area (Å²) in [5.74, 6) is -0.365. The minimum absolute atomic E-state index is 0.348. The van der Waals surface area contributed by atoms with E-state index in [1.807, 2.05) is 6.08 Å². The molecule has 1 heterocycles. The van der Waals surface area contributed by atoms with Crippen molar-refractivity contribution in [3.05, 3.63) is 24.1 Å². The van der Waals surface area contributed by atoms with Crippen LogP contribution in [0.5, 0.6) is 0 Å². The molecule has 0 saturated heterocycles. The molecule has 3 N–H and O–H groups in total. The quantitative estimate of drug-likeness (QED) is 0.617. The second kappa shape index (κ2) is 3.80. The molecular weight excluding hydrogens is 156 g/mol. The van der Waals surface area contributed by atoms with Gasteiger partial charge >= 0.3 is 0 Å². The van der Waals surface area contributed by atoms with Gasteiger partial charge in [-0.1, -0.05) is 0 Å². The molecular formula is C8H12N2O2. The molecule has 12 heavy (non-hydrogen) atoms. The third-order valence-corrected chi connectivity index (χ3v) is 1.55. The van der Waals surface area contributed by atoms with Gasteiger partial charge in [0, 0.05) is 5.70 Å². The molecule has 1 rings (SSSR count). The van der Waals surface area contributed by atoms with Gasteiger partial charge in [-0.3, -0.25) is 4.79 Å². The number of carbonyl (C=O) groups excluding carboxylic acids is 1. The number of nitrogens with one attached hydrogen (secondary N) is 1. The monoisotopic (exact) mass is 168 g/mol. The summed E-state index contributed by atoms with van der Waals surface area (Å²) in [6.45, 7) is 2.25. The van der Waals surface area contributed by atoms with Gasteiger partial charge in [0.15, 0.2) is 0 Å². The third-order valence-electron chi connectivity index (χ3n) is 1.55. The first kappa shape index (κ1) is 8.64. The summed E-state index contributed by atoms with van der Waals surface area (Å²) in [4.78, 5) is 10.7. The number of ether oxygens (including phenoxy) is 1. The molecule has 1 aliphatic rings. The zero-order chi connectivity index (χ0) is 8.97. The Morgan fingerprint density at radius 2 is 2.58 bits per heavy atom. The van der Waals surface area contributed by atoms with E-state index in [9.17, 15) is 4.79 Å². The van der Waals surface area contributed by atoms with Crippen molar-refractivity contribution in [2.24, 2.45) is 5.73 Å². The normalized spacial score (nSPS) is 17.6. The number of primary amides is 1. The smallest absolute Gasteiger partial charge is 0.239 e. The number of amides is 1. The van der Waals surface area contributed by atoms with Crippen molar-refractivity contribution in [3.8, 4) is 0 Å². The average molecular weight is 168 g/mol. The minimum Gasteiger partial charge on any atom is -0.497 e. The maximum atomic E-state index is 10.7. The van der Waals surface area contributed by atoms with E-state index in [1.165, 1.54) is 0 Å². The van der Waals surface area contributed by atoms with Gasteiger partial charge in [0.2, 0.25) is 5.91 Å². The molecule has 0 unspecified atom stereocenters. The van der Waals surface area contributed by atoms with E-state index < -0.39 is 0 Å². The molecule has 0 aliphatic carbocycles. The van der Waals surface area contributed by atoms with Crippen LogP contribution in [-0.4, -0.2) is 18.6 Å². The first-order valence-electron chi connectivity index (χ1n) is 3.74. The highest BCUT2D eigenvalue weighted by atomic mass is 16.5. The summed E-state index contributed by atoms with van der Waals surface area (Å²) in [5.41, 5.74) is 5.94. The van der Waals surface area contributed by atoms with Gasteiger partial charge in [-0.2, -0.15) is 0 Å². The van der Waals surface area contributed by atoms with E-state index in [2.05, 4.69) is 5.32 Å². The minimum atomic E-state index is -0.365. The Morgan fingerprint density at radius 3 is 3.08 bits per heavy atom. The highest BCUT2D eigenvalue weighted by Gasteiger charge is 2.08. The number of rotatable bonds is 3. The second-order valence-corrected chi connectivity index (χ2v) is 2.56. The van der Waals surface area contributed by atoms with Crippen molar-refractivity contribution in [3.63, 3.8) is 0 Å². The van der Waals surface area contributed by atoms with Gasteiger partial charge in [-0.05, 0) is 19.1 Å². The lowest BCUT2D eigenvalue weighted by Gasteiger charge is -2.14. The molecule has 0 radical (unpaired) electrons. The Labute approximate surface area is 71.1 Å². The number of hydrogen-bond acceptors (Lipinski definition) is 3. The maximum absolute atomic E-state index is 10.7. The Kier molecular flexibility index (Phi) is 2.74. The fourth-order valence-corrected chi connectivity index (χ4v) is 0.811. The molecule has 0 aromatic heterocycles. The largest absolute Gasteiger partial charge is 0.497 e. The molecule has 0 spiro atoms. The zero-order valence-corrected chi connectivity index (χ0v) is 6.91. The Morgan fingerprint density at radius 1 is 1.83 bits per heavy atom. The lowest BCUT2D eigenvalue weighted by molar-refractivity contribution is -0.119. The molecule has 0 saturated carbocycles. The van der Waals surface area contributed by atoms with E-state index in [1.54, 1.807) is 19.3 Å². The highest BCUT2D eigenvalue weighted by Crippen LogP contribution is 2.00. The number of nitrogens with two attached hydrogens (primary N) is 1. The number of hydrogen-bond donors (Lipinski definition) is 2. The van der Waals surface area contributed by atoms with Crippen LogP contribution in [0.1, 0.15) is 6.92 Å². The molecule has 1 atom stereocenters. The van der Waals surface area contributed by atoms with Crippen molar-refractivity contribution in [2.75, 3.05) is 6.61 Å². The van der Waals surface area contributed by atoms with Crippen LogP contribution in [0.3, 0.4) is 0 Å². The van der Waals surface area contributed by atoms with Gasteiger partial charge in [0.1, 0.15) is 12.6 Å².